The molecule has 2 N–H and O–H groups in total. The van der Waals surface area contributed by atoms with Crippen LogP contribution < -0.4 is 5.32 Å². The van der Waals surface area contributed by atoms with Crippen LogP contribution in [0.4, 0.5) is 11.4 Å². The number of nitro benzene ring substituents is 1. The molecule has 25 heavy (non-hydrogen) atoms. The molecular formula is C19H16N2O4. The summed E-state index contributed by atoms with van der Waals surface area (Å²) < 4.78 is 0. The summed E-state index contributed by atoms with van der Waals surface area (Å²) in [4.78, 5) is 22.7. The van der Waals surface area contributed by atoms with Gasteiger partial charge in [0.25, 0.3) is 5.69 Å². The first-order valence-electron chi connectivity index (χ1n) is 8.10. The van der Waals surface area contributed by atoms with Crippen LogP contribution in [0.2, 0.25) is 0 Å². The van der Waals surface area contributed by atoms with Gasteiger partial charge in [-0.15, -0.1) is 0 Å². The van der Waals surface area contributed by atoms with E-state index >= 15 is 0 Å². The summed E-state index contributed by atoms with van der Waals surface area (Å²) in [5.74, 6) is -1.13. The first kappa shape index (κ1) is 15.4. The number of carboxylic acid groups (broad SMARTS) is 1. The molecule has 3 atom stereocenters. The molecule has 2 aliphatic rings. The molecular weight excluding hydrogens is 320 g/mol. The zero-order valence-electron chi connectivity index (χ0n) is 13.3. The predicted octanol–water partition coefficient (Wildman–Crippen LogP) is 4.12. The van der Waals surface area contributed by atoms with Crippen molar-refractivity contribution in [3.05, 3.63) is 81.4 Å². The molecule has 1 heterocycles. The molecule has 0 unspecified atom stereocenters. The molecule has 6 nitrogen and oxygen atoms in total. The van der Waals surface area contributed by atoms with Crippen molar-refractivity contribution in [3.8, 4) is 0 Å². The van der Waals surface area contributed by atoms with Crippen molar-refractivity contribution in [2.24, 2.45) is 5.92 Å². The van der Waals surface area contributed by atoms with E-state index in [4.69, 9.17) is 0 Å². The zero-order chi connectivity index (χ0) is 17.6. The smallest absolute Gasteiger partial charge is 0.337 e. The fraction of sp³-hybridized carbons (Fsp3) is 0.211. The minimum atomic E-state index is -1.09. The monoisotopic (exact) mass is 336 g/mol. The molecule has 2 aromatic carbocycles. The van der Waals surface area contributed by atoms with Gasteiger partial charge in [-0.05, 0) is 24.0 Å². The van der Waals surface area contributed by atoms with Crippen molar-refractivity contribution in [1.29, 1.82) is 0 Å². The van der Waals surface area contributed by atoms with Gasteiger partial charge in [0.15, 0.2) is 0 Å². The van der Waals surface area contributed by atoms with Gasteiger partial charge >= 0.3 is 5.97 Å². The van der Waals surface area contributed by atoms with Gasteiger partial charge < -0.3 is 10.4 Å². The molecule has 0 fully saturated rings. The van der Waals surface area contributed by atoms with Crippen LogP contribution in [-0.2, 0) is 0 Å². The van der Waals surface area contributed by atoms with Gasteiger partial charge in [0.1, 0.15) is 0 Å². The highest BCUT2D eigenvalue weighted by molar-refractivity contribution is 5.97. The lowest BCUT2D eigenvalue weighted by Crippen LogP contribution is -2.30. The summed E-state index contributed by atoms with van der Waals surface area (Å²) in [5.41, 5.74) is 1.94. The number of hydrogen-bond donors (Lipinski definition) is 2. The van der Waals surface area contributed by atoms with Gasteiger partial charge in [0.2, 0.25) is 0 Å². The van der Waals surface area contributed by atoms with E-state index in [0.29, 0.717) is 11.3 Å². The Morgan fingerprint density at radius 3 is 2.64 bits per heavy atom. The second-order valence-corrected chi connectivity index (χ2v) is 6.37. The molecule has 0 amide bonds. The first-order chi connectivity index (χ1) is 12.1. The van der Waals surface area contributed by atoms with Crippen LogP contribution in [0, 0.1) is 16.0 Å². The van der Waals surface area contributed by atoms with E-state index in [0.717, 1.165) is 12.0 Å². The lowest BCUT2D eigenvalue weighted by molar-refractivity contribution is -0.385. The normalized spacial score (nSPS) is 23.4. The molecule has 126 valence electrons. The number of hydrogen-bond acceptors (Lipinski definition) is 4. The van der Waals surface area contributed by atoms with E-state index in [9.17, 15) is 20.0 Å². The number of carbonyl (C=O) groups is 1. The van der Waals surface area contributed by atoms with E-state index in [1.165, 1.54) is 12.1 Å². The van der Waals surface area contributed by atoms with Gasteiger partial charge in [-0.25, -0.2) is 4.79 Å². The van der Waals surface area contributed by atoms with E-state index in [2.05, 4.69) is 5.32 Å². The Kier molecular flexibility index (Phi) is 3.53. The maximum absolute atomic E-state index is 11.7. The summed E-state index contributed by atoms with van der Waals surface area (Å²) in [6, 6.07) is 12.3. The van der Waals surface area contributed by atoms with Crippen molar-refractivity contribution in [1.82, 2.24) is 0 Å². The Morgan fingerprint density at radius 1 is 1.20 bits per heavy atom. The number of rotatable bonds is 3. The van der Waals surface area contributed by atoms with Gasteiger partial charge in [-0.3, -0.25) is 10.1 Å². The third-order valence-electron chi connectivity index (χ3n) is 5.08. The van der Waals surface area contributed by atoms with Crippen LogP contribution in [-0.4, -0.2) is 16.0 Å². The maximum Gasteiger partial charge on any atom is 0.337 e. The van der Waals surface area contributed by atoms with Crippen molar-refractivity contribution in [3.63, 3.8) is 0 Å². The average Bonchev–Trinajstić information content (AvgIpc) is 3.10. The van der Waals surface area contributed by atoms with E-state index in [1.807, 2.05) is 42.5 Å². The number of nitrogens with one attached hydrogen (secondary N) is 1. The Bertz CT molecular complexity index is 892. The largest absolute Gasteiger partial charge is 0.478 e. The molecule has 0 spiro atoms. The Hall–Kier alpha value is -3.15. The molecule has 0 bridgehead atoms. The summed E-state index contributed by atoms with van der Waals surface area (Å²) in [6.45, 7) is 0. The lowest BCUT2D eigenvalue weighted by Gasteiger charge is -2.37. The molecule has 0 aromatic heterocycles. The van der Waals surface area contributed by atoms with Crippen molar-refractivity contribution < 1.29 is 14.8 Å². The minimum Gasteiger partial charge on any atom is -0.478 e. The third-order valence-corrected chi connectivity index (χ3v) is 5.08. The highest BCUT2D eigenvalue weighted by atomic mass is 16.6. The minimum absolute atomic E-state index is 0.0273. The molecule has 0 saturated carbocycles. The molecule has 2 aromatic rings. The second kappa shape index (κ2) is 5.73. The van der Waals surface area contributed by atoms with Gasteiger partial charge in [0, 0.05) is 12.0 Å². The molecule has 1 aliphatic carbocycles. The fourth-order valence-corrected chi connectivity index (χ4v) is 4.02. The number of nitrogens with zero attached hydrogens (tertiary/aromatic N) is 1. The number of allylic oxidation sites excluding steroid dienone is 2. The van der Waals surface area contributed by atoms with Crippen LogP contribution in [0.1, 0.15) is 39.9 Å². The van der Waals surface area contributed by atoms with Crippen LogP contribution in [0.25, 0.3) is 0 Å². The molecule has 6 heteroatoms. The van der Waals surface area contributed by atoms with Gasteiger partial charge in [0.05, 0.1) is 27.8 Å². The molecule has 0 radical (unpaired) electrons. The number of nitro groups is 1. The van der Waals surface area contributed by atoms with Gasteiger partial charge in [-0.2, -0.15) is 0 Å². The number of anilines is 1. The van der Waals surface area contributed by atoms with Gasteiger partial charge in [-0.1, -0.05) is 42.5 Å². The number of fused-ring (bicyclic) bond motifs is 3. The van der Waals surface area contributed by atoms with Crippen LogP contribution >= 0.6 is 0 Å². The zero-order valence-corrected chi connectivity index (χ0v) is 13.3. The Balaban J connectivity index is 1.93. The predicted molar refractivity (Wildman–Crippen MR) is 92.8 cm³/mol. The summed E-state index contributed by atoms with van der Waals surface area (Å²) in [5, 5.41) is 24.3. The van der Waals surface area contributed by atoms with E-state index < -0.39 is 10.9 Å². The van der Waals surface area contributed by atoms with Crippen molar-refractivity contribution >= 4 is 17.3 Å². The Morgan fingerprint density at radius 2 is 1.96 bits per heavy atom. The second-order valence-electron chi connectivity index (χ2n) is 6.37. The third kappa shape index (κ3) is 2.38. The van der Waals surface area contributed by atoms with Crippen LogP contribution in [0.5, 0.6) is 0 Å². The maximum atomic E-state index is 11.7. The summed E-state index contributed by atoms with van der Waals surface area (Å²) in [6.07, 6.45) is 4.79. The SMILES string of the molecule is O=C(O)c1ccc([N+](=O)[O-])c2c1N[C@@H](c1ccccc1)[C@H]1CC=C[C@H]21. The first-order valence-corrected chi connectivity index (χ1v) is 8.10. The van der Waals surface area contributed by atoms with Crippen LogP contribution in [0.3, 0.4) is 0 Å². The molecule has 4 rings (SSSR count). The highest BCUT2D eigenvalue weighted by Crippen LogP contribution is 2.53. The number of aromatic carboxylic acids is 1. The van der Waals surface area contributed by atoms with Crippen molar-refractivity contribution in [2.45, 2.75) is 18.4 Å². The Labute approximate surface area is 144 Å². The number of carboxylic acids is 1. The quantitative estimate of drug-likeness (QED) is 0.500. The van der Waals surface area contributed by atoms with E-state index in [-0.39, 0.29) is 29.1 Å². The lowest BCUT2D eigenvalue weighted by atomic mass is 9.75. The number of benzene rings is 2. The summed E-state index contributed by atoms with van der Waals surface area (Å²) >= 11 is 0. The molecule has 1 aliphatic heterocycles. The highest BCUT2D eigenvalue weighted by Gasteiger charge is 2.43. The molecule has 0 saturated heterocycles. The van der Waals surface area contributed by atoms with Crippen LogP contribution in [0.15, 0.2) is 54.6 Å². The fourth-order valence-electron chi connectivity index (χ4n) is 4.02. The average molecular weight is 336 g/mol. The van der Waals surface area contributed by atoms with E-state index in [1.54, 1.807) is 0 Å². The topological polar surface area (TPSA) is 92.5 Å². The summed E-state index contributed by atoms with van der Waals surface area (Å²) in [7, 11) is 0. The standard InChI is InChI=1S/C19H16N2O4/c22-19(23)14-9-10-15(21(24)25)16-12-7-4-8-13(12)17(20-18(14)16)11-5-2-1-3-6-11/h1-7,9-10,12-13,17,20H,8H2,(H,22,23)/t12-,13-,17-/m0/s1. The van der Waals surface area contributed by atoms with Crippen molar-refractivity contribution in [2.75, 3.05) is 5.32 Å².